The van der Waals surface area contributed by atoms with Crippen molar-refractivity contribution in [2.45, 2.75) is 6.92 Å². The van der Waals surface area contributed by atoms with Crippen molar-refractivity contribution in [3.05, 3.63) is 64.6 Å². The molecule has 2 aromatic carbocycles. The van der Waals surface area contributed by atoms with Gasteiger partial charge in [0.05, 0.1) is 5.69 Å². The monoisotopic (exact) mass is 312 g/mol. The number of benzene rings is 2. The highest BCUT2D eigenvalue weighted by atomic mass is 35.5. The first-order valence-corrected chi connectivity index (χ1v) is 6.87. The first-order valence-electron chi connectivity index (χ1n) is 6.49. The molecule has 108 valence electrons. The Morgan fingerprint density at radius 1 is 1.23 bits per heavy atom. The Kier molecular flexibility index (Phi) is 3.61. The topological polar surface area (TPSA) is 54.5 Å². The highest BCUT2D eigenvalue weighted by Crippen LogP contribution is 2.29. The first-order chi connectivity index (χ1) is 10.6. The highest BCUT2D eigenvalue weighted by Gasteiger charge is 2.18. The van der Waals surface area contributed by atoms with Gasteiger partial charge in [-0.25, -0.2) is 9.07 Å². The molecule has 0 spiro atoms. The van der Waals surface area contributed by atoms with Gasteiger partial charge in [0.25, 0.3) is 0 Å². The Balaban J connectivity index is 2.29. The number of rotatable bonds is 2. The van der Waals surface area contributed by atoms with Crippen LogP contribution in [0.5, 0.6) is 0 Å². The van der Waals surface area contributed by atoms with E-state index in [0.717, 1.165) is 5.56 Å². The third-order valence-electron chi connectivity index (χ3n) is 3.34. The zero-order valence-electron chi connectivity index (χ0n) is 11.6. The van der Waals surface area contributed by atoms with Crippen LogP contribution in [0, 0.1) is 24.1 Å². The fourth-order valence-corrected chi connectivity index (χ4v) is 2.42. The molecule has 0 aliphatic heterocycles. The molecule has 0 radical (unpaired) electrons. The molecule has 0 saturated heterocycles. The van der Waals surface area contributed by atoms with Crippen LogP contribution in [0.2, 0.25) is 5.02 Å². The van der Waals surface area contributed by atoms with Crippen LogP contribution < -0.4 is 0 Å². The van der Waals surface area contributed by atoms with E-state index in [2.05, 4.69) is 10.3 Å². The van der Waals surface area contributed by atoms with Crippen molar-refractivity contribution in [1.29, 1.82) is 5.26 Å². The molecule has 0 aliphatic rings. The number of aromatic nitrogens is 3. The molecule has 0 saturated carbocycles. The maximum atomic E-state index is 13.5. The van der Waals surface area contributed by atoms with Gasteiger partial charge in [0.2, 0.25) is 0 Å². The van der Waals surface area contributed by atoms with E-state index in [1.807, 2.05) is 19.1 Å². The molecule has 0 amide bonds. The van der Waals surface area contributed by atoms with Crippen LogP contribution in [0.4, 0.5) is 4.39 Å². The molecule has 0 atom stereocenters. The lowest BCUT2D eigenvalue weighted by molar-refractivity contribution is 0.628. The van der Waals surface area contributed by atoms with Crippen molar-refractivity contribution >= 4 is 11.6 Å². The van der Waals surface area contributed by atoms with E-state index < -0.39 is 5.82 Å². The smallest absolute Gasteiger partial charge is 0.191 e. The molecule has 0 fully saturated rings. The van der Waals surface area contributed by atoms with E-state index in [9.17, 15) is 9.65 Å². The lowest BCUT2D eigenvalue weighted by atomic mass is 10.1. The minimum Gasteiger partial charge on any atom is -0.211 e. The first kappa shape index (κ1) is 14.2. The van der Waals surface area contributed by atoms with Gasteiger partial charge in [-0.15, -0.1) is 5.10 Å². The van der Waals surface area contributed by atoms with E-state index in [4.69, 9.17) is 11.6 Å². The third kappa shape index (κ3) is 2.34. The summed E-state index contributed by atoms with van der Waals surface area (Å²) in [4.78, 5) is 0. The highest BCUT2D eigenvalue weighted by molar-refractivity contribution is 6.31. The maximum Gasteiger partial charge on any atom is 0.191 e. The Labute approximate surface area is 131 Å². The van der Waals surface area contributed by atoms with Crippen LogP contribution in [0.3, 0.4) is 0 Å². The minimum absolute atomic E-state index is 0.130. The van der Waals surface area contributed by atoms with Crippen LogP contribution >= 0.6 is 11.6 Å². The Bertz CT molecular complexity index is 895. The number of nitrogens with zero attached hydrogens (tertiary/aromatic N) is 4. The molecule has 1 heterocycles. The van der Waals surface area contributed by atoms with Gasteiger partial charge in [-0.1, -0.05) is 35.0 Å². The summed E-state index contributed by atoms with van der Waals surface area (Å²) in [5, 5.41) is 17.7. The van der Waals surface area contributed by atoms with Gasteiger partial charge in [0.15, 0.2) is 5.69 Å². The van der Waals surface area contributed by atoms with Crippen LogP contribution in [-0.4, -0.2) is 15.0 Å². The predicted octanol–water partition coefficient (Wildman–Crippen LogP) is 3.91. The van der Waals surface area contributed by atoms with E-state index in [0.29, 0.717) is 22.0 Å². The van der Waals surface area contributed by atoms with Gasteiger partial charge in [0.1, 0.15) is 17.6 Å². The summed E-state index contributed by atoms with van der Waals surface area (Å²) < 4.78 is 15.0. The Hall–Kier alpha value is -2.71. The molecule has 0 unspecified atom stereocenters. The molecule has 3 aromatic rings. The molecular weight excluding hydrogens is 303 g/mol. The average molecular weight is 313 g/mol. The molecule has 3 rings (SSSR count). The lowest BCUT2D eigenvalue weighted by Gasteiger charge is -2.10. The zero-order valence-corrected chi connectivity index (χ0v) is 12.3. The maximum absolute atomic E-state index is 13.5. The summed E-state index contributed by atoms with van der Waals surface area (Å²) >= 11 is 6.14. The summed E-state index contributed by atoms with van der Waals surface area (Å²) in [6.45, 7) is 1.85. The number of nitriles is 1. The summed E-state index contributed by atoms with van der Waals surface area (Å²) in [5.41, 5.74) is 2.59. The summed E-state index contributed by atoms with van der Waals surface area (Å²) in [6, 6.07) is 13.3. The van der Waals surface area contributed by atoms with E-state index in [-0.39, 0.29) is 5.69 Å². The van der Waals surface area contributed by atoms with Crippen molar-refractivity contribution in [3.63, 3.8) is 0 Å². The van der Waals surface area contributed by atoms with Crippen molar-refractivity contribution in [2.24, 2.45) is 0 Å². The molecule has 0 aliphatic carbocycles. The van der Waals surface area contributed by atoms with Crippen LogP contribution in [-0.2, 0) is 0 Å². The summed E-state index contributed by atoms with van der Waals surface area (Å²) in [6.07, 6.45) is 0. The lowest BCUT2D eigenvalue weighted by Crippen LogP contribution is -2.02. The molecule has 1 aromatic heterocycles. The van der Waals surface area contributed by atoms with Crippen LogP contribution in [0.1, 0.15) is 11.3 Å². The Morgan fingerprint density at radius 3 is 2.73 bits per heavy atom. The SMILES string of the molecule is Cc1c(Cl)cccc1-n1nnc(C#N)c1-c1cccc(F)c1. The van der Waals surface area contributed by atoms with Crippen LogP contribution in [0.25, 0.3) is 16.9 Å². The standard InChI is InChI=1S/C16H10ClFN4/c1-10-13(17)6-3-7-15(10)22-16(14(9-19)20-21-22)11-4-2-5-12(18)8-11/h2-8H,1H3. The minimum atomic E-state index is -0.392. The molecule has 0 N–H and O–H groups in total. The largest absolute Gasteiger partial charge is 0.211 e. The second-order valence-electron chi connectivity index (χ2n) is 4.70. The van der Waals surface area contributed by atoms with Gasteiger partial charge < -0.3 is 0 Å². The second kappa shape index (κ2) is 5.58. The van der Waals surface area contributed by atoms with Gasteiger partial charge in [-0.2, -0.15) is 5.26 Å². The second-order valence-corrected chi connectivity index (χ2v) is 5.11. The van der Waals surface area contributed by atoms with Gasteiger partial charge in [0, 0.05) is 10.6 Å². The average Bonchev–Trinajstić information content (AvgIpc) is 2.93. The number of hydrogen-bond donors (Lipinski definition) is 0. The van der Waals surface area contributed by atoms with Gasteiger partial charge in [-0.3, -0.25) is 0 Å². The van der Waals surface area contributed by atoms with Crippen molar-refractivity contribution < 1.29 is 4.39 Å². The third-order valence-corrected chi connectivity index (χ3v) is 3.75. The van der Waals surface area contributed by atoms with Crippen molar-refractivity contribution in [3.8, 4) is 23.0 Å². The number of halogens is 2. The van der Waals surface area contributed by atoms with E-state index >= 15 is 0 Å². The van der Waals surface area contributed by atoms with Gasteiger partial charge in [-0.05, 0) is 36.8 Å². The van der Waals surface area contributed by atoms with E-state index in [1.165, 1.54) is 16.8 Å². The van der Waals surface area contributed by atoms with Crippen molar-refractivity contribution in [2.75, 3.05) is 0 Å². The van der Waals surface area contributed by atoms with Crippen LogP contribution in [0.15, 0.2) is 42.5 Å². The van der Waals surface area contributed by atoms with Gasteiger partial charge >= 0.3 is 0 Å². The fourth-order valence-electron chi connectivity index (χ4n) is 2.25. The molecule has 22 heavy (non-hydrogen) atoms. The number of hydrogen-bond acceptors (Lipinski definition) is 3. The molecular formula is C16H10ClFN4. The van der Waals surface area contributed by atoms with Crippen molar-refractivity contribution in [1.82, 2.24) is 15.0 Å². The normalized spacial score (nSPS) is 10.5. The van der Waals surface area contributed by atoms with E-state index in [1.54, 1.807) is 24.3 Å². The molecule has 4 nitrogen and oxygen atoms in total. The Morgan fingerprint density at radius 2 is 2.00 bits per heavy atom. The predicted molar refractivity (Wildman–Crippen MR) is 81.2 cm³/mol. The quantitative estimate of drug-likeness (QED) is 0.721. The fraction of sp³-hybridized carbons (Fsp3) is 0.0625. The zero-order chi connectivity index (χ0) is 15.7. The molecule has 0 bridgehead atoms. The summed E-state index contributed by atoms with van der Waals surface area (Å²) in [7, 11) is 0. The molecule has 6 heteroatoms. The summed E-state index contributed by atoms with van der Waals surface area (Å²) in [5.74, 6) is -0.392.